The first-order valence-corrected chi connectivity index (χ1v) is 7.97. The summed E-state index contributed by atoms with van der Waals surface area (Å²) in [6.07, 6.45) is 0.884. The SMILES string of the molecule is CC1(/C(N)=N/O)CCN(S(=O)(=O)c2cccc(F)c2)CC1. The third kappa shape index (κ3) is 3.01. The Balaban J connectivity index is 2.19. The Bertz CT molecular complexity index is 652. The van der Waals surface area contributed by atoms with Crippen molar-refractivity contribution in [2.75, 3.05) is 13.1 Å². The number of halogens is 1. The number of oxime groups is 1. The van der Waals surface area contributed by atoms with Crippen LogP contribution in [0.5, 0.6) is 0 Å². The molecule has 3 N–H and O–H groups in total. The minimum atomic E-state index is -3.72. The average molecular weight is 315 g/mol. The van der Waals surface area contributed by atoms with Gasteiger partial charge in [0.1, 0.15) is 11.7 Å². The zero-order valence-electron chi connectivity index (χ0n) is 11.7. The third-order valence-electron chi connectivity index (χ3n) is 3.99. The van der Waals surface area contributed by atoms with Crippen LogP contribution in [-0.4, -0.2) is 36.9 Å². The van der Waals surface area contributed by atoms with E-state index in [0.717, 1.165) is 6.07 Å². The summed E-state index contributed by atoms with van der Waals surface area (Å²) >= 11 is 0. The maximum absolute atomic E-state index is 13.2. The standard InChI is InChI=1S/C13H18FN3O3S/c1-13(12(15)16-18)5-7-17(8-6-13)21(19,20)11-4-2-3-10(14)9-11/h2-4,9,18H,5-8H2,1H3,(H2,15,16). The normalized spacial score (nSPS) is 20.4. The van der Waals surface area contributed by atoms with Gasteiger partial charge in [-0.2, -0.15) is 4.31 Å². The Morgan fingerprint density at radius 3 is 2.57 bits per heavy atom. The first-order valence-electron chi connectivity index (χ1n) is 6.53. The number of piperidine rings is 1. The van der Waals surface area contributed by atoms with Gasteiger partial charge in [-0.15, -0.1) is 0 Å². The Hall–Kier alpha value is -1.67. The minimum absolute atomic E-state index is 0.0603. The van der Waals surface area contributed by atoms with E-state index in [0.29, 0.717) is 12.8 Å². The molecule has 1 aromatic rings. The molecule has 8 heteroatoms. The van der Waals surface area contributed by atoms with E-state index in [1.165, 1.54) is 22.5 Å². The number of rotatable bonds is 3. The van der Waals surface area contributed by atoms with Gasteiger partial charge < -0.3 is 10.9 Å². The molecular weight excluding hydrogens is 297 g/mol. The number of sulfonamides is 1. The molecule has 1 heterocycles. The van der Waals surface area contributed by atoms with Crippen LogP contribution in [0, 0.1) is 11.2 Å². The Morgan fingerprint density at radius 2 is 2.05 bits per heavy atom. The molecule has 1 aromatic carbocycles. The molecule has 0 aromatic heterocycles. The van der Waals surface area contributed by atoms with Crippen LogP contribution in [0.25, 0.3) is 0 Å². The summed E-state index contributed by atoms with van der Waals surface area (Å²) in [5.74, 6) is -0.486. The van der Waals surface area contributed by atoms with Crippen molar-refractivity contribution in [1.82, 2.24) is 4.31 Å². The lowest BCUT2D eigenvalue weighted by Gasteiger charge is -2.37. The molecule has 116 valence electrons. The van der Waals surface area contributed by atoms with Crippen molar-refractivity contribution in [2.45, 2.75) is 24.7 Å². The molecule has 0 atom stereocenters. The first kappa shape index (κ1) is 15.7. The first-order chi connectivity index (χ1) is 9.79. The van der Waals surface area contributed by atoms with Crippen LogP contribution in [0.15, 0.2) is 34.3 Å². The molecular formula is C13H18FN3O3S. The molecule has 0 saturated carbocycles. The number of hydrogen-bond donors (Lipinski definition) is 2. The van der Waals surface area contributed by atoms with Gasteiger partial charge in [0.15, 0.2) is 0 Å². The second-order valence-corrected chi connectivity index (χ2v) is 7.35. The fourth-order valence-electron chi connectivity index (χ4n) is 2.37. The molecule has 1 saturated heterocycles. The molecule has 0 spiro atoms. The number of amidine groups is 1. The van der Waals surface area contributed by atoms with Gasteiger partial charge in [0.2, 0.25) is 10.0 Å². The van der Waals surface area contributed by atoms with E-state index >= 15 is 0 Å². The van der Waals surface area contributed by atoms with Crippen LogP contribution in [0.2, 0.25) is 0 Å². The molecule has 0 aliphatic carbocycles. The quantitative estimate of drug-likeness (QED) is 0.381. The van der Waals surface area contributed by atoms with Gasteiger partial charge in [0, 0.05) is 18.5 Å². The van der Waals surface area contributed by atoms with E-state index in [1.807, 2.05) is 6.92 Å². The number of nitrogens with two attached hydrogens (primary N) is 1. The average Bonchev–Trinajstić information content (AvgIpc) is 2.47. The summed E-state index contributed by atoms with van der Waals surface area (Å²) in [5, 5.41) is 11.8. The van der Waals surface area contributed by atoms with E-state index in [4.69, 9.17) is 10.9 Å². The molecule has 1 aliphatic heterocycles. The Labute approximate surface area is 123 Å². The molecule has 0 amide bonds. The highest BCUT2D eigenvalue weighted by Crippen LogP contribution is 2.33. The van der Waals surface area contributed by atoms with Crippen LogP contribution >= 0.6 is 0 Å². The van der Waals surface area contributed by atoms with Crippen molar-refractivity contribution < 1.29 is 18.0 Å². The molecule has 21 heavy (non-hydrogen) atoms. The molecule has 6 nitrogen and oxygen atoms in total. The van der Waals surface area contributed by atoms with E-state index < -0.39 is 21.3 Å². The lowest BCUT2D eigenvalue weighted by atomic mass is 9.80. The Morgan fingerprint density at radius 1 is 1.43 bits per heavy atom. The van der Waals surface area contributed by atoms with Crippen molar-refractivity contribution in [3.8, 4) is 0 Å². The second-order valence-electron chi connectivity index (χ2n) is 5.41. The fraction of sp³-hybridized carbons (Fsp3) is 0.462. The summed E-state index contributed by atoms with van der Waals surface area (Å²) < 4.78 is 39.4. The van der Waals surface area contributed by atoms with Gasteiger partial charge in [-0.25, -0.2) is 12.8 Å². The molecule has 0 bridgehead atoms. The van der Waals surface area contributed by atoms with Crippen molar-refractivity contribution in [3.63, 3.8) is 0 Å². The van der Waals surface area contributed by atoms with Crippen LogP contribution < -0.4 is 5.73 Å². The van der Waals surface area contributed by atoms with Gasteiger partial charge in [0.05, 0.1) is 4.90 Å². The second kappa shape index (κ2) is 5.61. The third-order valence-corrected chi connectivity index (χ3v) is 5.88. The molecule has 1 aliphatic rings. The van der Waals surface area contributed by atoms with Crippen LogP contribution in [0.3, 0.4) is 0 Å². The summed E-state index contributed by atoms with van der Waals surface area (Å²) in [6, 6.07) is 4.94. The maximum atomic E-state index is 13.2. The number of hydrogen-bond acceptors (Lipinski definition) is 4. The van der Waals surface area contributed by atoms with Gasteiger partial charge in [-0.3, -0.25) is 0 Å². The summed E-state index contributed by atoms with van der Waals surface area (Å²) in [4.78, 5) is -0.0603. The predicted octanol–water partition coefficient (Wildman–Crippen LogP) is 1.36. The van der Waals surface area contributed by atoms with Gasteiger partial charge in [0.25, 0.3) is 0 Å². The molecule has 2 rings (SSSR count). The van der Waals surface area contributed by atoms with Crippen LogP contribution in [0.4, 0.5) is 4.39 Å². The summed E-state index contributed by atoms with van der Waals surface area (Å²) in [7, 11) is -3.72. The Kier molecular flexibility index (Phi) is 4.20. The smallest absolute Gasteiger partial charge is 0.243 e. The zero-order valence-corrected chi connectivity index (χ0v) is 12.5. The van der Waals surface area contributed by atoms with Crippen molar-refractivity contribution in [1.29, 1.82) is 0 Å². The van der Waals surface area contributed by atoms with Crippen LogP contribution in [0.1, 0.15) is 19.8 Å². The van der Waals surface area contributed by atoms with E-state index in [9.17, 15) is 12.8 Å². The van der Waals surface area contributed by atoms with Crippen molar-refractivity contribution in [3.05, 3.63) is 30.1 Å². The predicted molar refractivity (Wildman–Crippen MR) is 75.9 cm³/mol. The highest BCUT2D eigenvalue weighted by Gasteiger charge is 2.38. The highest BCUT2D eigenvalue weighted by atomic mass is 32.2. The van der Waals surface area contributed by atoms with E-state index in [-0.39, 0.29) is 23.8 Å². The van der Waals surface area contributed by atoms with Gasteiger partial charge in [-0.05, 0) is 31.0 Å². The largest absolute Gasteiger partial charge is 0.409 e. The number of benzene rings is 1. The number of nitrogens with zero attached hydrogens (tertiary/aromatic N) is 2. The monoisotopic (exact) mass is 315 g/mol. The topological polar surface area (TPSA) is 96.0 Å². The molecule has 1 fully saturated rings. The lowest BCUT2D eigenvalue weighted by molar-refractivity contribution is 0.229. The van der Waals surface area contributed by atoms with Crippen molar-refractivity contribution in [2.24, 2.45) is 16.3 Å². The van der Waals surface area contributed by atoms with Gasteiger partial charge >= 0.3 is 0 Å². The van der Waals surface area contributed by atoms with Crippen LogP contribution in [-0.2, 0) is 10.0 Å². The molecule has 0 unspecified atom stereocenters. The maximum Gasteiger partial charge on any atom is 0.243 e. The zero-order chi connectivity index (χ0) is 15.7. The minimum Gasteiger partial charge on any atom is -0.409 e. The van der Waals surface area contributed by atoms with Crippen molar-refractivity contribution >= 4 is 15.9 Å². The molecule has 0 radical (unpaired) electrons. The highest BCUT2D eigenvalue weighted by molar-refractivity contribution is 7.89. The summed E-state index contributed by atoms with van der Waals surface area (Å²) in [5.41, 5.74) is 5.12. The van der Waals surface area contributed by atoms with E-state index in [2.05, 4.69) is 5.16 Å². The van der Waals surface area contributed by atoms with Gasteiger partial charge in [-0.1, -0.05) is 18.1 Å². The summed E-state index contributed by atoms with van der Waals surface area (Å²) in [6.45, 7) is 2.31. The fourth-order valence-corrected chi connectivity index (χ4v) is 3.85. The lowest BCUT2D eigenvalue weighted by Crippen LogP contribution is -2.47. The van der Waals surface area contributed by atoms with E-state index in [1.54, 1.807) is 0 Å².